The maximum absolute atomic E-state index is 11.8. The van der Waals surface area contributed by atoms with Crippen molar-refractivity contribution >= 4 is 28.3 Å². The van der Waals surface area contributed by atoms with Gasteiger partial charge in [0.1, 0.15) is 5.82 Å². The number of hydrogen-bond acceptors (Lipinski definition) is 5. The fourth-order valence-electron chi connectivity index (χ4n) is 5.47. The average Bonchev–Trinajstić information content (AvgIpc) is 3.48. The van der Waals surface area contributed by atoms with Gasteiger partial charge in [-0.15, -0.1) is 0 Å². The van der Waals surface area contributed by atoms with Gasteiger partial charge in [-0.25, -0.2) is 4.98 Å². The van der Waals surface area contributed by atoms with Crippen molar-refractivity contribution in [2.45, 2.75) is 40.0 Å². The van der Waals surface area contributed by atoms with E-state index in [0.717, 1.165) is 81.9 Å². The highest BCUT2D eigenvalue weighted by molar-refractivity contribution is 5.85. The molecule has 4 heterocycles. The van der Waals surface area contributed by atoms with Crippen LogP contribution in [0.2, 0.25) is 0 Å². The van der Waals surface area contributed by atoms with Crippen molar-refractivity contribution in [1.29, 1.82) is 0 Å². The summed E-state index contributed by atoms with van der Waals surface area (Å²) in [5.41, 5.74) is 7.57. The predicted molar refractivity (Wildman–Crippen MR) is 149 cm³/mol. The Morgan fingerprint density at radius 3 is 2.53 bits per heavy atom. The smallest absolute Gasteiger partial charge is 0.308 e. The van der Waals surface area contributed by atoms with Crippen LogP contribution in [0.4, 0.5) is 5.82 Å². The minimum Gasteiger partial charge on any atom is -0.481 e. The van der Waals surface area contributed by atoms with Gasteiger partial charge in [0.05, 0.1) is 23.8 Å². The number of piperidine rings is 1. The molecule has 3 aromatic heterocycles. The molecule has 1 fully saturated rings. The lowest BCUT2D eigenvalue weighted by molar-refractivity contribution is -0.136. The van der Waals surface area contributed by atoms with Crippen molar-refractivity contribution in [2.24, 2.45) is 12.5 Å². The molecule has 0 atom stereocenters. The number of carboxylic acids is 1. The normalized spacial score (nSPS) is 15.4. The van der Waals surface area contributed by atoms with Crippen LogP contribution in [0.25, 0.3) is 38.9 Å². The van der Waals surface area contributed by atoms with Crippen LogP contribution in [0.15, 0.2) is 54.7 Å². The average molecular weight is 509 g/mol. The van der Waals surface area contributed by atoms with Crippen molar-refractivity contribution in [1.82, 2.24) is 24.4 Å². The second-order valence-electron chi connectivity index (χ2n) is 11.1. The summed E-state index contributed by atoms with van der Waals surface area (Å²) in [4.78, 5) is 18.9. The van der Waals surface area contributed by atoms with E-state index in [-0.39, 0.29) is 11.8 Å². The first-order valence-corrected chi connectivity index (χ1v) is 13.1. The van der Waals surface area contributed by atoms with Crippen LogP contribution in [0, 0.1) is 12.3 Å². The van der Waals surface area contributed by atoms with E-state index in [1.807, 2.05) is 41.5 Å². The minimum absolute atomic E-state index is 0.0782. The standard InChI is InChI=1S/C30H32N6O2/c1-19-24(16-28(37)38)29(35-12-10-30(2,3)11-13-35)36-27(32-19)17-25(33-36)22-7-5-6-20(14-22)21-8-9-23-18-31-34(4)26(23)15-21/h5-9,14-15,17-18H,10-13,16H2,1-4H3,(H,37,38). The summed E-state index contributed by atoms with van der Waals surface area (Å²) < 4.78 is 3.74. The van der Waals surface area contributed by atoms with Crippen LogP contribution < -0.4 is 4.90 Å². The van der Waals surface area contributed by atoms with E-state index in [4.69, 9.17) is 10.1 Å². The second kappa shape index (κ2) is 8.97. The Morgan fingerprint density at radius 1 is 1.03 bits per heavy atom. The quantitative estimate of drug-likeness (QED) is 0.337. The zero-order chi connectivity index (χ0) is 26.6. The molecule has 1 N–H and O–H groups in total. The van der Waals surface area contributed by atoms with Crippen molar-refractivity contribution < 1.29 is 9.90 Å². The Bertz CT molecular complexity index is 1690. The Labute approximate surface area is 221 Å². The summed E-state index contributed by atoms with van der Waals surface area (Å²) in [6, 6.07) is 16.7. The van der Waals surface area contributed by atoms with Gasteiger partial charge in [-0.3, -0.25) is 9.48 Å². The predicted octanol–water partition coefficient (Wildman–Crippen LogP) is 5.51. The summed E-state index contributed by atoms with van der Waals surface area (Å²) in [6.07, 6.45) is 3.88. The first-order chi connectivity index (χ1) is 18.2. The highest BCUT2D eigenvalue weighted by Gasteiger charge is 2.29. The van der Waals surface area contributed by atoms with E-state index in [1.54, 1.807) is 0 Å². The SMILES string of the molecule is Cc1nc2cc(-c3cccc(-c4ccc5cnn(C)c5c4)c3)nn2c(N2CCC(C)(C)CC2)c1CC(=O)O. The first-order valence-electron chi connectivity index (χ1n) is 13.1. The molecule has 0 radical (unpaired) electrons. The molecule has 1 aliphatic heterocycles. The topological polar surface area (TPSA) is 88.6 Å². The third-order valence-corrected chi connectivity index (χ3v) is 7.87. The lowest BCUT2D eigenvalue weighted by atomic mass is 9.82. The molecule has 0 spiro atoms. The molecular weight excluding hydrogens is 476 g/mol. The Morgan fingerprint density at radius 2 is 1.76 bits per heavy atom. The molecule has 0 aliphatic carbocycles. The molecule has 1 saturated heterocycles. The van der Waals surface area contributed by atoms with Gasteiger partial charge in [-0.2, -0.15) is 14.7 Å². The number of rotatable bonds is 5. The van der Waals surface area contributed by atoms with Crippen molar-refractivity contribution in [2.75, 3.05) is 18.0 Å². The molecule has 0 amide bonds. The lowest BCUT2D eigenvalue weighted by Crippen LogP contribution is -2.39. The minimum atomic E-state index is -0.863. The largest absolute Gasteiger partial charge is 0.481 e. The van der Waals surface area contributed by atoms with Crippen LogP contribution in [0.3, 0.4) is 0 Å². The molecular formula is C30H32N6O2. The molecule has 8 heteroatoms. The van der Waals surface area contributed by atoms with E-state index in [9.17, 15) is 9.90 Å². The summed E-state index contributed by atoms with van der Waals surface area (Å²) in [5, 5.41) is 20.2. The molecule has 6 rings (SSSR count). The summed E-state index contributed by atoms with van der Waals surface area (Å²) in [5.74, 6) is -0.00669. The fraction of sp³-hybridized carbons (Fsp3) is 0.333. The van der Waals surface area contributed by atoms with Gasteiger partial charge in [-0.05, 0) is 48.4 Å². The van der Waals surface area contributed by atoms with Gasteiger partial charge in [0, 0.05) is 48.4 Å². The third-order valence-electron chi connectivity index (χ3n) is 7.87. The molecule has 5 aromatic rings. The number of hydrogen-bond donors (Lipinski definition) is 1. The van der Waals surface area contributed by atoms with E-state index in [2.05, 4.69) is 60.2 Å². The molecule has 1 aliphatic rings. The number of aromatic nitrogens is 5. The number of carbonyl (C=O) groups is 1. The molecule has 38 heavy (non-hydrogen) atoms. The molecule has 0 unspecified atom stereocenters. The Kier molecular flexibility index (Phi) is 5.70. The molecule has 2 aromatic carbocycles. The van der Waals surface area contributed by atoms with E-state index in [0.29, 0.717) is 0 Å². The molecule has 0 bridgehead atoms. The van der Waals surface area contributed by atoms with Crippen LogP contribution in [0.5, 0.6) is 0 Å². The van der Waals surface area contributed by atoms with Gasteiger partial charge in [0.25, 0.3) is 0 Å². The molecule has 0 saturated carbocycles. The number of aryl methyl sites for hydroxylation is 2. The van der Waals surface area contributed by atoms with Gasteiger partial charge in [-0.1, -0.05) is 44.2 Å². The van der Waals surface area contributed by atoms with Crippen molar-refractivity contribution in [3.8, 4) is 22.4 Å². The van der Waals surface area contributed by atoms with E-state index in [1.165, 1.54) is 0 Å². The summed E-state index contributed by atoms with van der Waals surface area (Å²) >= 11 is 0. The highest BCUT2D eigenvalue weighted by Crippen LogP contribution is 2.36. The van der Waals surface area contributed by atoms with Gasteiger partial charge < -0.3 is 10.0 Å². The molecule has 194 valence electrons. The number of benzene rings is 2. The van der Waals surface area contributed by atoms with Crippen LogP contribution in [0.1, 0.15) is 37.9 Å². The highest BCUT2D eigenvalue weighted by atomic mass is 16.4. The van der Waals surface area contributed by atoms with Crippen LogP contribution >= 0.6 is 0 Å². The van der Waals surface area contributed by atoms with E-state index >= 15 is 0 Å². The monoisotopic (exact) mass is 508 g/mol. The van der Waals surface area contributed by atoms with Crippen molar-refractivity contribution in [3.63, 3.8) is 0 Å². The van der Waals surface area contributed by atoms with Gasteiger partial charge in [0.2, 0.25) is 0 Å². The second-order valence-corrected chi connectivity index (χ2v) is 11.1. The zero-order valence-corrected chi connectivity index (χ0v) is 22.3. The number of fused-ring (bicyclic) bond motifs is 2. The Hall–Kier alpha value is -4.20. The van der Waals surface area contributed by atoms with Crippen molar-refractivity contribution in [3.05, 3.63) is 66.0 Å². The summed E-state index contributed by atoms with van der Waals surface area (Å²) in [6.45, 7) is 8.21. The van der Waals surface area contributed by atoms with E-state index < -0.39 is 5.97 Å². The number of anilines is 1. The lowest BCUT2D eigenvalue weighted by Gasteiger charge is -2.38. The maximum atomic E-state index is 11.8. The first kappa shape index (κ1) is 24.2. The van der Waals surface area contributed by atoms with Gasteiger partial charge >= 0.3 is 5.97 Å². The number of nitrogens with zero attached hydrogens (tertiary/aromatic N) is 6. The number of carboxylic acid groups (broad SMARTS) is 1. The number of aliphatic carboxylic acids is 1. The Balaban J connectivity index is 1.45. The summed E-state index contributed by atoms with van der Waals surface area (Å²) in [7, 11) is 1.95. The maximum Gasteiger partial charge on any atom is 0.308 e. The van der Waals surface area contributed by atoms with Crippen LogP contribution in [-0.2, 0) is 18.3 Å². The van der Waals surface area contributed by atoms with Crippen LogP contribution in [-0.4, -0.2) is 48.5 Å². The fourth-order valence-corrected chi connectivity index (χ4v) is 5.47. The van der Waals surface area contributed by atoms with Gasteiger partial charge in [0.15, 0.2) is 5.65 Å². The molecule has 8 nitrogen and oxygen atoms in total. The third kappa shape index (κ3) is 4.30. The zero-order valence-electron chi connectivity index (χ0n) is 22.3.